The summed E-state index contributed by atoms with van der Waals surface area (Å²) in [6, 6.07) is 43.4. The molecule has 8 unspecified atom stereocenters. The standard InChI is InChI=1S/C57H64N6O13/c1-5-42-48(50(46(61-63-59)55(66-4)71-42)68-33-38-24-14-8-15-25-38)76-57-52(74-54(65)41-30-20-11-21-31-41)51(69-34-39-26-16-9-17-27-39)49(43(6-2)72-57)75-56-45(60-62-58)47(67-32-37-22-12-7-13-23-37)36(3)44(73-56)35-70-53(64)40-28-18-10-19-29-40/h7-31,36,42-52,55-57H,5-6,32-35H2,1-4H3/t36?,42?,43-,44?,45-,46-,47+,48?,49+,50-,51?,52?,55?,56?,57-/m0/s1. The number of esters is 2. The van der Waals surface area contributed by atoms with Crippen LogP contribution in [0.3, 0.4) is 0 Å². The zero-order chi connectivity index (χ0) is 53.2. The van der Waals surface area contributed by atoms with E-state index in [1.807, 2.05) is 112 Å². The molecule has 0 aliphatic carbocycles. The van der Waals surface area contributed by atoms with E-state index >= 15 is 0 Å². The Morgan fingerprint density at radius 1 is 0.500 bits per heavy atom. The molecular weight excluding hydrogens is 977 g/mol. The van der Waals surface area contributed by atoms with Gasteiger partial charge in [0, 0.05) is 22.9 Å². The summed E-state index contributed by atoms with van der Waals surface area (Å²) < 4.78 is 72.7. The minimum Gasteiger partial charge on any atom is -0.459 e. The maximum atomic E-state index is 14.5. The molecule has 0 spiro atoms. The van der Waals surface area contributed by atoms with Gasteiger partial charge in [-0.15, -0.1) is 0 Å². The molecule has 3 fully saturated rings. The van der Waals surface area contributed by atoms with Crippen molar-refractivity contribution in [2.75, 3.05) is 13.7 Å². The van der Waals surface area contributed by atoms with Crippen LogP contribution in [0.25, 0.3) is 20.9 Å². The molecule has 5 aromatic rings. The summed E-state index contributed by atoms with van der Waals surface area (Å²) in [7, 11) is 1.46. The second-order valence-corrected chi connectivity index (χ2v) is 18.6. The number of methoxy groups -OCH3 is 1. The van der Waals surface area contributed by atoms with E-state index in [-0.39, 0.29) is 38.4 Å². The number of hydrogen-bond donors (Lipinski definition) is 0. The number of benzene rings is 5. The zero-order valence-electron chi connectivity index (χ0n) is 42.8. The lowest BCUT2D eigenvalue weighted by molar-refractivity contribution is -0.367. The molecule has 15 atom stereocenters. The highest BCUT2D eigenvalue weighted by molar-refractivity contribution is 5.89. The Bertz CT molecular complexity index is 2670. The fraction of sp³-hybridized carbons (Fsp3) is 0.439. The van der Waals surface area contributed by atoms with Gasteiger partial charge in [0.1, 0.15) is 43.1 Å². The minimum absolute atomic E-state index is 0.0124. The summed E-state index contributed by atoms with van der Waals surface area (Å²) in [4.78, 5) is 34.2. The van der Waals surface area contributed by atoms with Crippen LogP contribution in [0.2, 0.25) is 0 Å². The molecule has 0 radical (unpaired) electrons. The lowest BCUT2D eigenvalue weighted by Crippen LogP contribution is -2.66. The molecule has 19 nitrogen and oxygen atoms in total. The molecule has 0 aromatic heterocycles. The first-order chi connectivity index (χ1) is 37.2. The summed E-state index contributed by atoms with van der Waals surface area (Å²) in [6.07, 6.45) is -12.1. The van der Waals surface area contributed by atoms with Crippen LogP contribution in [0, 0.1) is 5.92 Å². The molecule has 3 aliphatic rings. The highest BCUT2D eigenvalue weighted by Gasteiger charge is 2.56. The van der Waals surface area contributed by atoms with Gasteiger partial charge in [-0.3, -0.25) is 0 Å². The smallest absolute Gasteiger partial charge is 0.338 e. The van der Waals surface area contributed by atoms with E-state index in [9.17, 15) is 20.7 Å². The van der Waals surface area contributed by atoms with Gasteiger partial charge in [-0.05, 0) is 64.9 Å². The second kappa shape index (κ2) is 27.9. The largest absolute Gasteiger partial charge is 0.459 e. The van der Waals surface area contributed by atoms with Crippen molar-refractivity contribution in [1.82, 2.24) is 0 Å². The average Bonchev–Trinajstić information content (AvgIpc) is 3.47. The van der Waals surface area contributed by atoms with Crippen molar-refractivity contribution >= 4 is 11.9 Å². The lowest BCUT2D eigenvalue weighted by Gasteiger charge is -2.51. The Morgan fingerprint density at radius 3 is 1.39 bits per heavy atom. The summed E-state index contributed by atoms with van der Waals surface area (Å²) in [5.74, 6) is -1.79. The predicted octanol–water partition coefficient (Wildman–Crippen LogP) is 10.2. The van der Waals surface area contributed by atoms with Crippen LogP contribution in [-0.4, -0.2) is 112 Å². The van der Waals surface area contributed by atoms with Crippen molar-refractivity contribution in [3.63, 3.8) is 0 Å². The van der Waals surface area contributed by atoms with Gasteiger partial charge in [0.15, 0.2) is 25.0 Å². The Balaban J connectivity index is 1.19. The molecule has 400 valence electrons. The number of azide groups is 2. The van der Waals surface area contributed by atoms with Crippen LogP contribution in [0.4, 0.5) is 0 Å². The van der Waals surface area contributed by atoms with Crippen LogP contribution in [0.5, 0.6) is 0 Å². The van der Waals surface area contributed by atoms with Crippen molar-refractivity contribution < 1.29 is 61.7 Å². The van der Waals surface area contributed by atoms with E-state index in [1.165, 1.54) is 7.11 Å². The van der Waals surface area contributed by atoms with Crippen molar-refractivity contribution in [3.05, 3.63) is 200 Å². The number of carbonyl (C=O) groups excluding carboxylic acids is 2. The summed E-state index contributed by atoms with van der Waals surface area (Å²) in [5.41, 5.74) is 23.2. The molecule has 0 N–H and O–H groups in total. The van der Waals surface area contributed by atoms with Crippen molar-refractivity contribution in [1.29, 1.82) is 0 Å². The highest BCUT2D eigenvalue weighted by Crippen LogP contribution is 2.40. The highest BCUT2D eigenvalue weighted by atomic mass is 16.8. The maximum absolute atomic E-state index is 14.5. The molecule has 8 rings (SSSR count). The average molecular weight is 1040 g/mol. The molecule has 19 heteroatoms. The quantitative estimate of drug-likeness (QED) is 0.0257. The Labute approximate surface area is 441 Å². The molecular formula is C57H64N6O13. The van der Waals surface area contributed by atoms with Crippen LogP contribution < -0.4 is 0 Å². The van der Waals surface area contributed by atoms with Gasteiger partial charge in [0.05, 0.1) is 55.4 Å². The van der Waals surface area contributed by atoms with Crippen molar-refractivity contribution in [2.24, 2.45) is 16.1 Å². The van der Waals surface area contributed by atoms with E-state index in [1.54, 1.807) is 60.7 Å². The Kier molecular flexibility index (Phi) is 20.4. The SMILES string of the molecule is CCC1OC(OC)[C@@H](N=[N+]=[N-])[C@H](OCc2ccccc2)C1O[C@@H]1O[C@@H](CC)[C@@H](OC2OC(COC(=O)c3ccccc3)C(C)[C@@H](OCc3ccccc3)[C@@H]2N=[N+]=[N-])C(OCc2ccccc2)C1OC(=O)c1ccccc1. The summed E-state index contributed by atoms with van der Waals surface area (Å²) in [6.45, 7) is 5.73. The Morgan fingerprint density at radius 2 is 0.908 bits per heavy atom. The monoisotopic (exact) mass is 1040 g/mol. The number of rotatable bonds is 23. The topological polar surface area (TPSA) is 233 Å². The molecule has 76 heavy (non-hydrogen) atoms. The van der Waals surface area contributed by atoms with Gasteiger partial charge in [-0.25, -0.2) is 9.59 Å². The third-order valence-electron chi connectivity index (χ3n) is 13.7. The van der Waals surface area contributed by atoms with E-state index < -0.39 is 104 Å². The molecule has 0 saturated carbocycles. The van der Waals surface area contributed by atoms with E-state index in [0.717, 1.165) is 16.7 Å². The third-order valence-corrected chi connectivity index (χ3v) is 13.7. The fourth-order valence-electron chi connectivity index (χ4n) is 9.73. The molecule has 5 aromatic carbocycles. The van der Waals surface area contributed by atoms with Gasteiger partial charge in [0.2, 0.25) is 0 Å². The van der Waals surface area contributed by atoms with Crippen LogP contribution in [0.1, 0.15) is 71.0 Å². The summed E-state index contributed by atoms with van der Waals surface area (Å²) >= 11 is 0. The van der Waals surface area contributed by atoms with Gasteiger partial charge in [-0.2, -0.15) is 0 Å². The first-order valence-corrected chi connectivity index (χ1v) is 25.6. The number of carbonyl (C=O) groups is 2. The van der Waals surface area contributed by atoms with Gasteiger partial charge in [0.25, 0.3) is 0 Å². The van der Waals surface area contributed by atoms with Crippen molar-refractivity contribution in [2.45, 2.75) is 139 Å². The fourth-order valence-corrected chi connectivity index (χ4v) is 9.73. The molecule has 3 aliphatic heterocycles. The molecule has 3 heterocycles. The first kappa shape index (κ1) is 55.5. The van der Waals surface area contributed by atoms with E-state index in [2.05, 4.69) is 20.1 Å². The number of ether oxygens (including phenoxy) is 11. The maximum Gasteiger partial charge on any atom is 0.338 e. The normalized spacial score (nSPS) is 29.2. The predicted molar refractivity (Wildman–Crippen MR) is 276 cm³/mol. The van der Waals surface area contributed by atoms with Crippen LogP contribution in [-0.2, 0) is 71.9 Å². The second-order valence-electron chi connectivity index (χ2n) is 18.6. The first-order valence-electron chi connectivity index (χ1n) is 25.6. The molecule has 3 saturated heterocycles. The van der Waals surface area contributed by atoms with E-state index in [4.69, 9.17) is 52.1 Å². The van der Waals surface area contributed by atoms with Crippen molar-refractivity contribution in [3.8, 4) is 0 Å². The Hall–Kier alpha value is -6.70. The number of hydrogen-bond acceptors (Lipinski definition) is 15. The van der Waals surface area contributed by atoms with Gasteiger partial charge < -0.3 is 52.1 Å². The third kappa shape index (κ3) is 14.0. The van der Waals surface area contributed by atoms with Gasteiger partial charge in [-0.1, -0.05) is 158 Å². The zero-order valence-corrected chi connectivity index (χ0v) is 42.8. The minimum atomic E-state index is -1.40. The molecule has 0 bridgehead atoms. The lowest BCUT2D eigenvalue weighted by atomic mass is 9.89. The number of nitrogens with zero attached hydrogens (tertiary/aromatic N) is 6. The van der Waals surface area contributed by atoms with Crippen LogP contribution in [0.15, 0.2) is 162 Å². The van der Waals surface area contributed by atoms with Crippen LogP contribution >= 0.6 is 0 Å². The van der Waals surface area contributed by atoms with Gasteiger partial charge >= 0.3 is 11.9 Å². The molecule has 0 amide bonds. The summed E-state index contributed by atoms with van der Waals surface area (Å²) in [5, 5.41) is 8.37. The van der Waals surface area contributed by atoms with E-state index in [0.29, 0.717) is 12.0 Å².